The standard InChI is InChI=1S/C24H30N6OS/c1-4-28(5-2)18-10-11-29(15-18)23(31)19-14-26-30(22(19)17-8-9-17)24-25-13-16(3)21(27-24)20-7-6-12-32-20/h6-7,12-14,17-18H,4-5,8-11,15H2,1-3H3. The second-order valence-corrected chi connectivity index (χ2v) is 9.67. The first-order valence-electron chi connectivity index (χ1n) is 11.6. The Morgan fingerprint density at radius 1 is 1.22 bits per heavy atom. The highest BCUT2D eigenvalue weighted by atomic mass is 32.1. The van der Waals surface area contributed by atoms with Crippen molar-refractivity contribution in [3.63, 3.8) is 0 Å². The van der Waals surface area contributed by atoms with Gasteiger partial charge in [-0.15, -0.1) is 11.3 Å². The van der Waals surface area contributed by atoms with E-state index < -0.39 is 0 Å². The number of likely N-dealkylation sites (tertiary alicyclic amines) is 1. The average Bonchev–Trinajstić information content (AvgIpc) is 3.22. The lowest BCUT2D eigenvalue weighted by Crippen LogP contribution is -2.38. The largest absolute Gasteiger partial charge is 0.337 e. The minimum absolute atomic E-state index is 0.0957. The van der Waals surface area contributed by atoms with Crippen molar-refractivity contribution in [3.8, 4) is 16.5 Å². The molecule has 1 saturated carbocycles. The molecule has 2 fully saturated rings. The third-order valence-corrected chi connectivity index (χ3v) is 7.56. The highest BCUT2D eigenvalue weighted by molar-refractivity contribution is 7.13. The molecule has 1 amide bonds. The molecule has 2 aliphatic rings. The summed E-state index contributed by atoms with van der Waals surface area (Å²) in [5.74, 6) is 0.994. The van der Waals surface area contributed by atoms with E-state index in [2.05, 4.69) is 40.3 Å². The Balaban J connectivity index is 1.46. The van der Waals surface area contributed by atoms with E-state index in [0.717, 1.165) is 72.8 Å². The molecule has 1 unspecified atom stereocenters. The Morgan fingerprint density at radius 3 is 2.72 bits per heavy atom. The number of aromatic nitrogens is 4. The first-order valence-corrected chi connectivity index (χ1v) is 12.5. The van der Waals surface area contributed by atoms with E-state index in [9.17, 15) is 4.79 Å². The Hall–Kier alpha value is -2.58. The van der Waals surface area contributed by atoms with E-state index in [0.29, 0.717) is 17.9 Å². The summed E-state index contributed by atoms with van der Waals surface area (Å²) < 4.78 is 1.80. The highest BCUT2D eigenvalue weighted by Crippen LogP contribution is 2.43. The molecule has 0 spiro atoms. The predicted octanol–water partition coefficient (Wildman–Crippen LogP) is 4.13. The number of carbonyl (C=O) groups excluding carboxylic acids is 1. The Kier molecular flexibility index (Phi) is 5.82. The van der Waals surface area contributed by atoms with Crippen molar-refractivity contribution in [2.24, 2.45) is 0 Å². The molecule has 168 valence electrons. The Bertz CT molecular complexity index is 1100. The topological polar surface area (TPSA) is 67.2 Å². The number of hydrogen-bond donors (Lipinski definition) is 0. The van der Waals surface area contributed by atoms with Gasteiger partial charge in [-0.25, -0.2) is 14.6 Å². The van der Waals surface area contributed by atoms with Crippen LogP contribution < -0.4 is 0 Å². The first kappa shape index (κ1) is 21.3. The van der Waals surface area contributed by atoms with Gasteiger partial charge in [0.1, 0.15) is 0 Å². The molecule has 4 heterocycles. The lowest BCUT2D eigenvalue weighted by atomic mass is 10.1. The van der Waals surface area contributed by atoms with Crippen LogP contribution in [-0.2, 0) is 0 Å². The summed E-state index contributed by atoms with van der Waals surface area (Å²) in [7, 11) is 0. The molecule has 5 rings (SSSR count). The Labute approximate surface area is 193 Å². The van der Waals surface area contributed by atoms with Crippen LogP contribution in [0.3, 0.4) is 0 Å². The summed E-state index contributed by atoms with van der Waals surface area (Å²) in [6, 6.07) is 4.55. The molecule has 8 heteroatoms. The lowest BCUT2D eigenvalue weighted by molar-refractivity contribution is 0.0776. The number of rotatable bonds is 7. The Morgan fingerprint density at radius 2 is 2.03 bits per heavy atom. The molecule has 0 aromatic carbocycles. The second-order valence-electron chi connectivity index (χ2n) is 8.72. The van der Waals surface area contributed by atoms with E-state index in [1.807, 2.05) is 24.1 Å². The summed E-state index contributed by atoms with van der Waals surface area (Å²) in [5, 5.41) is 6.67. The molecule has 3 aromatic heterocycles. The maximum atomic E-state index is 13.5. The molecule has 3 aromatic rings. The van der Waals surface area contributed by atoms with Crippen molar-refractivity contribution in [1.29, 1.82) is 0 Å². The number of amides is 1. The normalized spacial score (nSPS) is 18.6. The lowest BCUT2D eigenvalue weighted by Gasteiger charge is -2.26. The quantitative estimate of drug-likeness (QED) is 0.541. The molecular weight excluding hydrogens is 420 g/mol. The fraction of sp³-hybridized carbons (Fsp3) is 0.500. The van der Waals surface area contributed by atoms with Crippen LogP contribution in [0.4, 0.5) is 0 Å². The average molecular weight is 451 g/mol. The fourth-order valence-corrected chi connectivity index (χ4v) is 5.54. The molecule has 32 heavy (non-hydrogen) atoms. The van der Waals surface area contributed by atoms with Gasteiger partial charge in [-0.1, -0.05) is 19.9 Å². The molecule has 7 nitrogen and oxygen atoms in total. The summed E-state index contributed by atoms with van der Waals surface area (Å²) >= 11 is 1.67. The fourth-order valence-electron chi connectivity index (χ4n) is 4.76. The summed E-state index contributed by atoms with van der Waals surface area (Å²) in [6.07, 6.45) is 6.78. The van der Waals surface area contributed by atoms with Gasteiger partial charge in [-0.05, 0) is 56.3 Å². The van der Waals surface area contributed by atoms with Gasteiger partial charge in [0.2, 0.25) is 0 Å². The highest BCUT2D eigenvalue weighted by Gasteiger charge is 2.37. The SMILES string of the molecule is CCN(CC)C1CCN(C(=O)c2cnn(-c3ncc(C)c(-c4cccs4)n3)c2C2CC2)C1. The number of thiophene rings is 1. The number of nitrogens with zero attached hydrogens (tertiary/aromatic N) is 6. The minimum Gasteiger partial charge on any atom is -0.337 e. The van der Waals surface area contributed by atoms with Gasteiger partial charge in [0, 0.05) is 31.2 Å². The second kappa shape index (κ2) is 8.75. The molecule has 1 saturated heterocycles. The predicted molar refractivity (Wildman–Crippen MR) is 126 cm³/mol. The molecule has 1 aliphatic heterocycles. The number of likely N-dealkylation sites (N-methyl/N-ethyl adjacent to an activating group) is 1. The van der Waals surface area contributed by atoms with Crippen molar-refractivity contribution < 1.29 is 4.79 Å². The van der Waals surface area contributed by atoms with Crippen LogP contribution in [0.25, 0.3) is 16.5 Å². The smallest absolute Gasteiger partial charge is 0.257 e. The molecule has 0 N–H and O–H groups in total. The molecule has 1 aliphatic carbocycles. The van der Waals surface area contributed by atoms with E-state index in [1.54, 1.807) is 22.2 Å². The van der Waals surface area contributed by atoms with Gasteiger partial charge in [0.05, 0.1) is 28.0 Å². The van der Waals surface area contributed by atoms with Gasteiger partial charge < -0.3 is 4.90 Å². The van der Waals surface area contributed by atoms with Crippen molar-refractivity contribution in [2.75, 3.05) is 26.2 Å². The summed E-state index contributed by atoms with van der Waals surface area (Å²) in [5.41, 5.74) is 3.65. The van der Waals surface area contributed by atoms with E-state index in [-0.39, 0.29) is 5.91 Å². The van der Waals surface area contributed by atoms with E-state index >= 15 is 0 Å². The van der Waals surface area contributed by atoms with Crippen LogP contribution >= 0.6 is 11.3 Å². The number of hydrogen-bond acceptors (Lipinski definition) is 6. The summed E-state index contributed by atoms with van der Waals surface area (Å²) in [6.45, 7) is 10.0. The first-order chi connectivity index (χ1) is 15.6. The maximum Gasteiger partial charge on any atom is 0.257 e. The van der Waals surface area contributed by atoms with Crippen LogP contribution in [0.5, 0.6) is 0 Å². The van der Waals surface area contributed by atoms with Gasteiger partial charge in [0.25, 0.3) is 11.9 Å². The molecule has 0 radical (unpaired) electrons. The van der Waals surface area contributed by atoms with Crippen LogP contribution in [-0.4, -0.2) is 67.7 Å². The van der Waals surface area contributed by atoms with Gasteiger partial charge in [-0.2, -0.15) is 5.10 Å². The zero-order valence-corrected chi connectivity index (χ0v) is 19.8. The monoisotopic (exact) mass is 450 g/mol. The third-order valence-electron chi connectivity index (χ3n) is 6.68. The van der Waals surface area contributed by atoms with Crippen molar-refractivity contribution in [3.05, 3.63) is 46.7 Å². The number of carbonyl (C=O) groups is 1. The zero-order valence-electron chi connectivity index (χ0n) is 19.0. The molecule has 1 atom stereocenters. The van der Waals surface area contributed by atoms with Crippen molar-refractivity contribution >= 4 is 17.2 Å². The van der Waals surface area contributed by atoms with Gasteiger partial charge in [-0.3, -0.25) is 9.69 Å². The molecular formula is C24H30N6OS. The van der Waals surface area contributed by atoms with Gasteiger partial charge >= 0.3 is 0 Å². The van der Waals surface area contributed by atoms with Crippen LogP contribution in [0.15, 0.2) is 29.9 Å². The molecule has 0 bridgehead atoms. The van der Waals surface area contributed by atoms with Crippen LogP contribution in [0, 0.1) is 6.92 Å². The van der Waals surface area contributed by atoms with Crippen LogP contribution in [0.1, 0.15) is 60.6 Å². The summed E-state index contributed by atoms with van der Waals surface area (Å²) in [4.78, 5) is 28.5. The third kappa shape index (κ3) is 3.86. The van der Waals surface area contributed by atoms with Crippen molar-refractivity contribution in [2.45, 2.75) is 52.0 Å². The van der Waals surface area contributed by atoms with Crippen molar-refractivity contribution in [1.82, 2.24) is 29.5 Å². The van der Waals surface area contributed by atoms with E-state index in [4.69, 9.17) is 4.98 Å². The van der Waals surface area contributed by atoms with Gasteiger partial charge in [0.15, 0.2) is 0 Å². The maximum absolute atomic E-state index is 13.5. The van der Waals surface area contributed by atoms with E-state index in [1.165, 1.54) is 0 Å². The van der Waals surface area contributed by atoms with Crippen LogP contribution in [0.2, 0.25) is 0 Å². The minimum atomic E-state index is 0.0957. The number of aryl methyl sites for hydroxylation is 1. The zero-order chi connectivity index (χ0) is 22.2.